The normalized spacial score (nSPS) is 10.2. The molecule has 8 heteroatoms. The summed E-state index contributed by atoms with van der Waals surface area (Å²) in [6.45, 7) is 0. The minimum atomic E-state index is -1.05. The van der Waals surface area contributed by atoms with E-state index in [0.29, 0.717) is 0 Å². The van der Waals surface area contributed by atoms with Crippen LogP contribution < -0.4 is 5.32 Å². The lowest BCUT2D eigenvalue weighted by atomic mass is 10.3. The Morgan fingerprint density at radius 1 is 1.28 bits per heavy atom. The number of amides is 1. The van der Waals surface area contributed by atoms with Crippen molar-refractivity contribution in [2.75, 3.05) is 16.8 Å². The number of carbonyl (C=O) groups excluding carboxylic acids is 1. The van der Waals surface area contributed by atoms with Crippen molar-refractivity contribution in [3.05, 3.63) is 28.2 Å². The summed E-state index contributed by atoms with van der Waals surface area (Å²) in [4.78, 5) is 21.5. The molecule has 0 saturated heterocycles. The summed E-state index contributed by atoms with van der Waals surface area (Å²) in [6.07, 6.45) is 0. The van der Waals surface area contributed by atoms with Crippen LogP contribution in [0, 0.1) is 11.6 Å². The fourth-order valence-corrected chi connectivity index (χ4v) is 1.89. The summed E-state index contributed by atoms with van der Waals surface area (Å²) in [7, 11) is 0. The Morgan fingerprint density at radius 3 is 2.56 bits per heavy atom. The molecule has 0 spiro atoms. The number of anilines is 1. The number of halogens is 3. The molecule has 0 fully saturated rings. The van der Waals surface area contributed by atoms with E-state index in [0.717, 1.165) is 23.9 Å². The molecule has 0 aliphatic rings. The predicted molar refractivity (Wildman–Crippen MR) is 67.6 cm³/mol. The Bertz CT molecular complexity index is 484. The van der Waals surface area contributed by atoms with Crippen LogP contribution in [-0.2, 0) is 9.59 Å². The minimum Gasteiger partial charge on any atom is -0.481 e. The summed E-state index contributed by atoms with van der Waals surface area (Å²) in [5.74, 6) is -3.51. The van der Waals surface area contributed by atoms with Crippen LogP contribution in [-0.4, -0.2) is 28.5 Å². The second-order valence-corrected chi connectivity index (χ2v) is 5.02. The number of hydrogen-bond acceptors (Lipinski definition) is 3. The molecule has 1 aromatic rings. The summed E-state index contributed by atoms with van der Waals surface area (Å²) in [5, 5.41) is 10.5. The van der Waals surface area contributed by atoms with Crippen LogP contribution in [0.15, 0.2) is 16.6 Å². The van der Waals surface area contributed by atoms with Gasteiger partial charge in [0.2, 0.25) is 5.91 Å². The maximum absolute atomic E-state index is 13.3. The van der Waals surface area contributed by atoms with E-state index >= 15 is 0 Å². The van der Waals surface area contributed by atoms with Crippen molar-refractivity contribution >= 4 is 45.3 Å². The predicted octanol–water partition coefficient (Wildman–Crippen LogP) is 2.48. The van der Waals surface area contributed by atoms with E-state index < -0.39 is 23.5 Å². The number of rotatable bonds is 5. The maximum atomic E-state index is 13.3. The zero-order valence-corrected chi connectivity index (χ0v) is 11.3. The summed E-state index contributed by atoms with van der Waals surface area (Å²) >= 11 is 3.67. The first kappa shape index (κ1) is 14.9. The minimum absolute atomic E-state index is 0.0433. The van der Waals surface area contributed by atoms with Crippen LogP contribution in [0.4, 0.5) is 14.5 Å². The van der Waals surface area contributed by atoms with Crippen LogP contribution in [0.2, 0.25) is 0 Å². The molecular weight excluding hydrogens is 332 g/mol. The first-order valence-corrected chi connectivity index (χ1v) is 6.59. The van der Waals surface area contributed by atoms with Crippen LogP contribution in [0.1, 0.15) is 0 Å². The number of carboxylic acids is 1. The van der Waals surface area contributed by atoms with Gasteiger partial charge in [-0.05, 0) is 22.0 Å². The van der Waals surface area contributed by atoms with Gasteiger partial charge in [0.05, 0.1) is 21.7 Å². The van der Waals surface area contributed by atoms with Crippen molar-refractivity contribution in [3.8, 4) is 0 Å². The first-order chi connectivity index (χ1) is 8.40. The molecule has 0 aromatic heterocycles. The van der Waals surface area contributed by atoms with E-state index in [9.17, 15) is 18.4 Å². The molecule has 1 aromatic carbocycles. The van der Waals surface area contributed by atoms with E-state index in [1.807, 2.05) is 0 Å². The molecule has 0 aliphatic carbocycles. The highest BCUT2D eigenvalue weighted by Crippen LogP contribution is 2.23. The third kappa shape index (κ3) is 4.61. The molecule has 18 heavy (non-hydrogen) atoms. The van der Waals surface area contributed by atoms with E-state index in [1.54, 1.807) is 0 Å². The molecule has 0 unspecified atom stereocenters. The topological polar surface area (TPSA) is 66.4 Å². The Hall–Kier alpha value is -1.15. The highest BCUT2D eigenvalue weighted by molar-refractivity contribution is 9.10. The zero-order chi connectivity index (χ0) is 13.7. The SMILES string of the molecule is O=C(O)CSCC(=O)Nc1cc(F)c(Br)cc1F. The lowest BCUT2D eigenvalue weighted by molar-refractivity contribution is -0.133. The Labute approximate surface area is 114 Å². The number of aliphatic carboxylic acids is 1. The molecule has 1 rings (SSSR count). The smallest absolute Gasteiger partial charge is 0.313 e. The van der Waals surface area contributed by atoms with Crippen LogP contribution >= 0.6 is 27.7 Å². The van der Waals surface area contributed by atoms with Gasteiger partial charge in [-0.1, -0.05) is 0 Å². The van der Waals surface area contributed by atoms with E-state index in [2.05, 4.69) is 21.2 Å². The third-order valence-electron chi connectivity index (χ3n) is 1.74. The van der Waals surface area contributed by atoms with Crippen molar-refractivity contribution in [2.45, 2.75) is 0 Å². The van der Waals surface area contributed by atoms with Crippen molar-refractivity contribution in [2.24, 2.45) is 0 Å². The van der Waals surface area contributed by atoms with Gasteiger partial charge in [-0.15, -0.1) is 11.8 Å². The second kappa shape index (κ2) is 6.69. The standard InChI is InChI=1S/C10H8BrF2NO3S/c11-5-1-7(13)8(2-6(5)12)14-9(15)3-18-4-10(16)17/h1-2H,3-4H2,(H,14,15)(H,16,17). The van der Waals surface area contributed by atoms with Crippen LogP contribution in [0.25, 0.3) is 0 Å². The number of carboxylic acid groups (broad SMARTS) is 1. The highest BCUT2D eigenvalue weighted by Gasteiger charge is 2.11. The van der Waals surface area contributed by atoms with Crippen LogP contribution in [0.5, 0.6) is 0 Å². The molecule has 0 atom stereocenters. The maximum Gasteiger partial charge on any atom is 0.313 e. The number of thioether (sulfide) groups is 1. The summed E-state index contributed by atoms with van der Waals surface area (Å²) in [6, 6.07) is 1.74. The highest BCUT2D eigenvalue weighted by atomic mass is 79.9. The molecule has 2 N–H and O–H groups in total. The molecular formula is C10H8BrF2NO3S. The fraction of sp³-hybridized carbons (Fsp3) is 0.200. The van der Waals surface area contributed by atoms with Gasteiger partial charge in [0.25, 0.3) is 0 Å². The fourth-order valence-electron chi connectivity index (χ4n) is 1.04. The van der Waals surface area contributed by atoms with Crippen molar-refractivity contribution in [1.29, 1.82) is 0 Å². The molecule has 1 amide bonds. The number of hydrogen-bond donors (Lipinski definition) is 2. The Morgan fingerprint density at radius 2 is 1.94 bits per heavy atom. The van der Waals surface area contributed by atoms with Crippen molar-refractivity contribution in [3.63, 3.8) is 0 Å². The third-order valence-corrected chi connectivity index (χ3v) is 3.27. The van der Waals surface area contributed by atoms with Gasteiger partial charge in [0, 0.05) is 6.07 Å². The number of carbonyl (C=O) groups is 2. The van der Waals surface area contributed by atoms with Crippen molar-refractivity contribution < 1.29 is 23.5 Å². The van der Waals surface area contributed by atoms with E-state index in [1.165, 1.54) is 0 Å². The zero-order valence-electron chi connectivity index (χ0n) is 8.87. The lowest BCUT2D eigenvalue weighted by Gasteiger charge is -2.06. The van der Waals surface area contributed by atoms with E-state index in [4.69, 9.17) is 5.11 Å². The molecule has 0 saturated carbocycles. The average molecular weight is 340 g/mol. The van der Waals surface area contributed by atoms with Gasteiger partial charge in [0.1, 0.15) is 11.6 Å². The lowest BCUT2D eigenvalue weighted by Crippen LogP contribution is -2.16. The number of benzene rings is 1. The number of nitrogens with one attached hydrogen (secondary N) is 1. The quantitative estimate of drug-likeness (QED) is 0.809. The van der Waals surface area contributed by atoms with Gasteiger partial charge in [-0.3, -0.25) is 9.59 Å². The molecule has 0 aliphatic heterocycles. The van der Waals surface area contributed by atoms with Gasteiger partial charge < -0.3 is 10.4 Å². The summed E-state index contributed by atoms with van der Waals surface area (Å²) < 4.78 is 26.4. The molecule has 4 nitrogen and oxygen atoms in total. The molecule has 0 bridgehead atoms. The summed E-state index contributed by atoms with van der Waals surface area (Å²) in [5.41, 5.74) is -0.281. The molecule has 0 radical (unpaired) electrons. The van der Waals surface area contributed by atoms with Gasteiger partial charge in [-0.25, -0.2) is 8.78 Å². The Balaban J connectivity index is 2.59. The average Bonchev–Trinajstić information content (AvgIpc) is 2.25. The largest absolute Gasteiger partial charge is 0.481 e. The van der Waals surface area contributed by atoms with Crippen LogP contribution in [0.3, 0.4) is 0 Å². The van der Waals surface area contributed by atoms with Crippen molar-refractivity contribution in [1.82, 2.24) is 0 Å². The van der Waals surface area contributed by atoms with Gasteiger partial charge in [0.15, 0.2) is 0 Å². The molecule has 98 valence electrons. The van der Waals surface area contributed by atoms with E-state index in [-0.39, 0.29) is 21.7 Å². The molecule has 0 heterocycles. The first-order valence-electron chi connectivity index (χ1n) is 4.64. The monoisotopic (exact) mass is 339 g/mol. The second-order valence-electron chi connectivity index (χ2n) is 3.18. The van der Waals surface area contributed by atoms with Gasteiger partial charge in [-0.2, -0.15) is 0 Å². The Kier molecular flexibility index (Phi) is 5.54. The van der Waals surface area contributed by atoms with Gasteiger partial charge >= 0.3 is 5.97 Å².